The maximum Gasteiger partial charge on any atom is 0.401 e. The van der Waals surface area contributed by atoms with Crippen molar-refractivity contribution >= 4 is 17.3 Å². The molecule has 0 amide bonds. The van der Waals surface area contributed by atoms with E-state index in [4.69, 9.17) is 0 Å². The summed E-state index contributed by atoms with van der Waals surface area (Å²) in [6.45, 7) is 0.767. The molecule has 1 unspecified atom stereocenters. The zero-order chi connectivity index (χ0) is 16.0. The molecule has 2 rings (SSSR count). The number of halogens is 3. The molecule has 0 aliphatic carbocycles. The van der Waals surface area contributed by atoms with Crippen LogP contribution in [0.3, 0.4) is 0 Å². The van der Waals surface area contributed by atoms with Gasteiger partial charge >= 0.3 is 6.18 Å². The van der Waals surface area contributed by atoms with Gasteiger partial charge in [0, 0.05) is 37.6 Å². The van der Waals surface area contributed by atoms with Crippen LogP contribution in [0.2, 0.25) is 0 Å². The van der Waals surface area contributed by atoms with E-state index in [1.54, 1.807) is 18.4 Å². The number of nitrogens with zero attached hydrogens (tertiary/aromatic N) is 2. The van der Waals surface area contributed by atoms with Gasteiger partial charge in [-0.25, -0.2) is 0 Å². The molecule has 1 atom stereocenters. The number of likely N-dealkylation sites (tertiary alicyclic amines) is 1. The first-order valence-corrected chi connectivity index (χ1v) is 8.13. The molecule has 4 nitrogen and oxygen atoms in total. The maximum atomic E-state index is 12.4. The Labute approximate surface area is 132 Å². The summed E-state index contributed by atoms with van der Waals surface area (Å²) < 4.78 is 37.1. The van der Waals surface area contributed by atoms with Gasteiger partial charge in [-0.1, -0.05) is 6.07 Å². The molecule has 0 spiro atoms. The summed E-state index contributed by atoms with van der Waals surface area (Å²) in [6.07, 6.45) is -2.53. The van der Waals surface area contributed by atoms with Crippen LogP contribution in [0.5, 0.6) is 0 Å². The van der Waals surface area contributed by atoms with Gasteiger partial charge < -0.3 is 10.6 Å². The first kappa shape index (κ1) is 17.1. The number of aliphatic imine (C=N–C) groups is 1. The highest BCUT2D eigenvalue weighted by atomic mass is 32.1. The molecule has 1 aromatic heterocycles. The zero-order valence-electron chi connectivity index (χ0n) is 12.5. The number of hydrogen-bond donors (Lipinski definition) is 2. The van der Waals surface area contributed by atoms with Gasteiger partial charge in [-0.05, 0) is 24.3 Å². The van der Waals surface area contributed by atoms with Crippen molar-refractivity contribution < 1.29 is 13.2 Å². The molecule has 2 heterocycles. The van der Waals surface area contributed by atoms with E-state index in [9.17, 15) is 13.2 Å². The Morgan fingerprint density at radius 2 is 2.32 bits per heavy atom. The van der Waals surface area contributed by atoms with Gasteiger partial charge in [-0.3, -0.25) is 9.89 Å². The van der Waals surface area contributed by atoms with E-state index in [2.05, 4.69) is 21.7 Å². The van der Waals surface area contributed by atoms with Gasteiger partial charge in [-0.15, -0.1) is 11.3 Å². The lowest BCUT2D eigenvalue weighted by atomic mass is 10.3. The van der Waals surface area contributed by atoms with Crippen LogP contribution in [-0.2, 0) is 6.42 Å². The van der Waals surface area contributed by atoms with Gasteiger partial charge in [0.05, 0.1) is 6.54 Å². The standard InChI is InChI=1S/C14H21F3N4S/c1-18-13(19-6-4-12-3-2-8-22-12)20-11-5-7-21(9-11)10-14(15,16)17/h2-3,8,11H,4-7,9-10H2,1H3,(H2,18,19,20). The molecule has 0 radical (unpaired) electrons. The van der Waals surface area contributed by atoms with Crippen LogP contribution in [0.25, 0.3) is 0 Å². The predicted octanol–water partition coefficient (Wildman–Crippen LogP) is 2.09. The number of thiophene rings is 1. The van der Waals surface area contributed by atoms with Crippen LogP contribution in [0.15, 0.2) is 22.5 Å². The van der Waals surface area contributed by atoms with Crippen molar-refractivity contribution in [2.75, 3.05) is 33.2 Å². The van der Waals surface area contributed by atoms with Crippen molar-refractivity contribution in [3.05, 3.63) is 22.4 Å². The minimum Gasteiger partial charge on any atom is -0.356 e. The molecule has 1 aromatic rings. The normalized spacial score (nSPS) is 20.4. The molecule has 1 saturated heterocycles. The number of alkyl halides is 3. The molecule has 2 N–H and O–H groups in total. The number of nitrogens with one attached hydrogen (secondary N) is 2. The second-order valence-electron chi connectivity index (χ2n) is 5.31. The molecule has 1 aliphatic rings. The lowest BCUT2D eigenvalue weighted by Gasteiger charge is -2.19. The molecular formula is C14H21F3N4S. The first-order valence-electron chi connectivity index (χ1n) is 7.25. The lowest BCUT2D eigenvalue weighted by Crippen LogP contribution is -2.45. The number of hydrogen-bond acceptors (Lipinski definition) is 3. The van der Waals surface area contributed by atoms with Gasteiger partial charge in [0.2, 0.25) is 0 Å². The highest BCUT2D eigenvalue weighted by Crippen LogP contribution is 2.19. The molecule has 0 saturated carbocycles. The van der Waals surface area contributed by atoms with Crippen LogP contribution in [0, 0.1) is 0 Å². The van der Waals surface area contributed by atoms with E-state index in [-0.39, 0.29) is 6.04 Å². The quantitative estimate of drug-likeness (QED) is 0.640. The fraction of sp³-hybridized carbons (Fsp3) is 0.643. The Balaban J connectivity index is 1.70. The second kappa shape index (κ2) is 7.82. The van der Waals surface area contributed by atoms with E-state index >= 15 is 0 Å². The Morgan fingerprint density at radius 1 is 1.50 bits per heavy atom. The summed E-state index contributed by atoms with van der Waals surface area (Å²) in [5, 5.41) is 8.44. The van der Waals surface area contributed by atoms with Gasteiger partial charge in [0.15, 0.2) is 5.96 Å². The molecule has 8 heteroatoms. The Hall–Kier alpha value is -1.28. The van der Waals surface area contributed by atoms with Gasteiger partial charge in [0.1, 0.15) is 0 Å². The smallest absolute Gasteiger partial charge is 0.356 e. The Morgan fingerprint density at radius 3 is 2.95 bits per heavy atom. The zero-order valence-corrected chi connectivity index (χ0v) is 13.3. The average Bonchev–Trinajstić information content (AvgIpc) is 3.08. The summed E-state index contributed by atoms with van der Waals surface area (Å²) in [4.78, 5) is 6.85. The molecule has 1 aliphatic heterocycles. The van der Waals surface area contributed by atoms with Crippen molar-refractivity contribution in [3.8, 4) is 0 Å². The van der Waals surface area contributed by atoms with E-state index < -0.39 is 12.7 Å². The summed E-state index contributed by atoms with van der Waals surface area (Å²) in [6, 6.07) is 4.10. The average molecular weight is 334 g/mol. The second-order valence-corrected chi connectivity index (χ2v) is 6.34. The summed E-state index contributed by atoms with van der Waals surface area (Å²) in [5.41, 5.74) is 0. The molecule has 124 valence electrons. The van der Waals surface area contributed by atoms with Crippen molar-refractivity contribution in [1.29, 1.82) is 0 Å². The van der Waals surface area contributed by atoms with E-state index in [0.717, 1.165) is 13.0 Å². The number of guanidine groups is 1. The van der Waals surface area contributed by atoms with Crippen LogP contribution in [0.1, 0.15) is 11.3 Å². The third-order valence-corrected chi connectivity index (χ3v) is 4.42. The highest BCUT2D eigenvalue weighted by Gasteiger charge is 2.34. The monoisotopic (exact) mass is 334 g/mol. The van der Waals surface area contributed by atoms with E-state index in [1.807, 2.05) is 11.4 Å². The summed E-state index contributed by atoms with van der Waals surface area (Å²) >= 11 is 1.71. The number of rotatable bonds is 5. The predicted molar refractivity (Wildman–Crippen MR) is 83.4 cm³/mol. The first-order chi connectivity index (χ1) is 10.5. The minimum absolute atomic E-state index is 0.00953. The van der Waals surface area contributed by atoms with Gasteiger partial charge in [0.25, 0.3) is 0 Å². The highest BCUT2D eigenvalue weighted by molar-refractivity contribution is 7.09. The van der Waals surface area contributed by atoms with E-state index in [1.165, 1.54) is 9.78 Å². The Kier molecular flexibility index (Phi) is 6.07. The van der Waals surface area contributed by atoms with Crippen LogP contribution in [0.4, 0.5) is 13.2 Å². The fourth-order valence-electron chi connectivity index (χ4n) is 2.49. The third kappa shape index (κ3) is 5.84. The third-order valence-electron chi connectivity index (χ3n) is 3.48. The van der Waals surface area contributed by atoms with Crippen molar-refractivity contribution in [2.24, 2.45) is 4.99 Å². The van der Waals surface area contributed by atoms with Crippen LogP contribution in [-0.4, -0.2) is 56.3 Å². The summed E-state index contributed by atoms with van der Waals surface area (Å²) in [5.74, 6) is 0.649. The van der Waals surface area contributed by atoms with E-state index in [0.29, 0.717) is 25.5 Å². The molecule has 0 aromatic carbocycles. The largest absolute Gasteiger partial charge is 0.401 e. The Bertz CT molecular complexity index is 473. The van der Waals surface area contributed by atoms with Gasteiger partial charge in [-0.2, -0.15) is 13.2 Å². The molecule has 1 fully saturated rings. The lowest BCUT2D eigenvalue weighted by molar-refractivity contribution is -0.143. The van der Waals surface area contributed by atoms with Crippen molar-refractivity contribution in [2.45, 2.75) is 25.1 Å². The van der Waals surface area contributed by atoms with Crippen LogP contribution < -0.4 is 10.6 Å². The van der Waals surface area contributed by atoms with Crippen molar-refractivity contribution in [1.82, 2.24) is 15.5 Å². The molecule has 0 bridgehead atoms. The maximum absolute atomic E-state index is 12.4. The minimum atomic E-state index is -4.13. The topological polar surface area (TPSA) is 39.7 Å². The fourth-order valence-corrected chi connectivity index (χ4v) is 3.20. The van der Waals surface area contributed by atoms with Crippen LogP contribution >= 0.6 is 11.3 Å². The SMILES string of the molecule is CN=C(NCCc1cccs1)NC1CCN(CC(F)(F)F)C1. The van der Waals surface area contributed by atoms with Crippen molar-refractivity contribution in [3.63, 3.8) is 0 Å². The molecule has 22 heavy (non-hydrogen) atoms. The molecular weight excluding hydrogens is 313 g/mol. The summed E-state index contributed by atoms with van der Waals surface area (Å²) in [7, 11) is 1.67.